The van der Waals surface area contributed by atoms with Gasteiger partial charge in [0.05, 0.1) is 20.9 Å². The summed E-state index contributed by atoms with van der Waals surface area (Å²) in [5, 5.41) is 8.04. The van der Waals surface area contributed by atoms with Crippen LogP contribution in [0.25, 0.3) is 21.5 Å². The molecule has 2 aromatic heterocycles. The summed E-state index contributed by atoms with van der Waals surface area (Å²) in [6, 6.07) is 8.06. The monoisotopic (exact) mass is 258 g/mol. The molecule has 3 aromatic rings. The fraction of sp³-hybridized carbons (Fsp3) is 0.231. The molecule has 0 fully saturated rings. The van der Waals surface area contributed by atoms with E-state index in [0.29, 0.717) is 11.7 Å². The minimum absolute atomic E-state index is 0.466. The summed E-state index contributed by atoms with van der Waals surface area (Å²) in [5.41, 5.74) is 8.70. The number of hydrogen-bond acceptors (Lipinski definition) is 4. The molecule has 0 spiro atoms. The number of aromatic amines is 1. The normalized spacial score (nSPS) is 11.5. The van der Waals surface area contributed by atoms with Gasteiger partial charge in [0, 0.05) is 17.5 Å². The van der Waals surface area contributed by atoms with Crippen molar-refractivity contribution in [2.75, 3.05) is 5.73 Å². The number of nitrogens with one attached hydrogen (secondary N) is 1. The van der Waals surface area contributed by atoms with Gasteiger partial charge in [0.1, 0.15) is 5.82 Å². The lowest BCUT2D eigenvalue weighted by Gasteiger charge is -1.95. The highest BCUT2D eigenvalue weighted by atomic mass is 32.1. The van der Waals surface area contributed by atoms with Crippen LogP contribution in [0.15, 0.2) is 24.3 Å². The molecule has 0 radical (unpaired) electrons. The molecule has 0 saturated heterocycles. The highest BCUT2D eigenvalue weighted by Crippen LogP contribution is 2.30. The van der Waals surface area contributed by atoms with E-state index < -0.39 is 0 Å². The maximum atomic E-state index is 5.62. The van der Waals surface area contributed by atoms with Crippen molar-refractivity contribution in [3.05, 3.63) is 29.3 Å². The third-order valence-electron chi connectivity index (χ3n) is 2.81. The number of H-pyrrole nitrogens is 1. The van der Waals surface area contributed by atoms with Crippen LogP contribution in [-0.2, 0) is 0 Å². The fourth-order valence-electron chi connectivity index (χ4n) is 1.84. The molecule has 4 nitrogen and oxygen atoms in total. The molecule has 0 atom stereocenters. The number of anilines is 1. The first-order valence-corrected chi connectivity index (χ1v) is 6.67. The second-order valence-corrected chi connectivity index (χ2v) is 5.66. The second kappa shape index (κ2) is 4.10. The zero-order valence-corrected chi connectivity index (χ0v) is 11.1. The molecule has 2 heterocycles. The summed E-state index contributed by atoms with van der Waals surface area (Å²) in [6.07, 6.45) is 0. The molecule has 0 unspecified atom stereocenters. The van der Waals surface area contributed by atoms with E-state index in [1.807, 2.05) is 18.2 Å². The van der Waals surface area contributed by atoms with Gasteiger partial charge in [-0.15, -0.1) is 11.3 Å². The Morgan fingerprint density at radius 3 is 2.78 bits per heavy atom. The van der Waals surface area contributed by atoms with E-state index in [-0.39, 0.29) is 0 Å². The summed E-state index contributed by atoms with van der Waals surface area (Å²) in [5.74, 6) is 0.978. The van der Waals surface area contributed by atoms with Gasteiger partial charge in [-0.2, -0.15) is 5.10 Å². The van der Waals surface area contributed by atoms with Crippen molar-refractivity contribution in [1.82, 2.24) is 15.2 Å². The van der Waals surface area contributed by atoms with Crippen molar-refractivity contribution in [1.29, 1.82) is 0 Å². The average molecular weight is 258 g/mol. The molecule has 0 amide bonds. The summed E-state index contributed by atoms with van der Waals surface area (Å²) in [6.45, 7) is 4.32. The number of nitrogens with zero attached hydrogens (tertiary/aromatic N) is 2. The predicted octanol–water partition coefficient (Wildman–Crippen LogP) is 3.39. The Kier molecular flexibility index (Phi) is 2.56. The van der Waals surface area contributed by atoms with E-state index >= 15 is 0 Å². The SMILES string of the molecule is CC(C)c1nc2ccc(-c3cc(N)n[nH]3)cc2s1. The number of nitrogens with two attached hydrogens (primary N) is 1. The number of thiazole rings is 1. The Labute approximate surface area is 109 Å². The van der Waals surface area contributed by atoms with Gasteiger partial charge in [-0.25, -0.2) is 4.98 Å². The van der Waals surface area contributed by atoms with Gasteiger partial charge < -0.3 is 5.73 Å². The molecular formula is C13H14N4S. The van der Waals surface area contributed by atoms with Gasteiger partial charge in [-0.05, 0) is 12.1 Å². The van der Waals surface area contributed by atoms with E-state index in [2.05, 4.69) is 35.1 Å². The fourth-order valence-corrected chi connectivity index (χ4v) is 2.85. The smallest absolute Gasteiger partial charge is 0.145 e. The van der Waals surface area contributed by atoms with E-state index in [1.165, 1.54) is 9.71 Å². The van der Waals surface area contributed by atoms with Gasteiger partial charge in [-0.1, -0.05) is 19.9 Å². The van der Waals surface area contributed by atoms with E-state index in [9.17, 15) is 0 Å². The van der Waals surface area contributed by atoms with Crippen LogP contribution in [0.3, 0.4) is 0 Å². The molecule has 3 N–H and O–H groups in total. The lowest BCUT2D eigenvalue weighted by Crippen LogP contribution is -1.82. The molecule has 0 aliphatic heterocycles. The molecule has 0 bridgehead atoms. The molecule has 92 valence electrons. The summed E-state index contributed by atoms with van der Waals surface area (Å²) < 4.78 is 1.20. The lowest BCUT2D eigenvalue weighted by molar-refractivity contribution is 0.857. The Hall–Kier alpha value is -1.88. The summed E-state index contributed by atoms with van der Waals surface area (Å²) >= 11 is 1.74. The third kappa shape index (κ3) is 1.86. The lowest BCUT2D eigenvalue weighted by atomic mass is 10.1. The first kappa shape index (κ1) is 11.2. The number of hydrogen-bond donors (Lipinski definition) is 2. The van der Waals surface area contributed by atoms with E-state index in [1.54, 1.807) is 11.3 Å². The summed E-state index contributed by atoms with van der Waals surface area (Å²) in [7, 11) is 0. The zero-order chi connectivity index (χ0) is 12.7. The van der Waals surface area contributed by atoms with Crippen molar-refractivity contribution in [2.24, 2.45) is 0 Å². The van der Waals surface area contributed by atoms with Crippen LogP contribution in [0, 0.1) is 0 Å². The maximum absolute atomic E-state index is 5.62. The van der Waals surface area contributed by atoms with Gasteiger partial charge in [-0.3, -0.25) is 5.10 Å². The van der Waals surface area contributed by atoms with Crippen LogP contribution in [-0.4, -0.2) is 15.2 Å². The molecule has 1 aromatic carbocycles. The highest BCUT2D eigenvalue weighted by Gasteiger charge is 2.09. The number of benzene rings is 1. The van der Waals surface area contributed by atoms with Crippen LogP contribution < -0.4 is 5.73 Å². The van der Waals surface area contributed by atoms with Crippen molar-refractivity contribution < 1.29 is 0 Å². The van der Waals surface area contributed by atoms with Crippen LogP contribution in [0.1, 0.15) is 24.8 Å². The number of aromatic nitrogens is 3. The van der Waals surface area contributed by atoms with Gasteiger partial charge in [0.25, 0.3) is 0 Å². The molecule has 0 aliphatic carbocycles. The average Bonchev–Trinajstić information content (AvgIpc) is 2.93. The van der Waals surface area contributed by atoms with Crippen LogP contribution >= 0.6 is 11.3 Å². The van der Waals surface area contributed by atoms with Gasteiger partial charge in [0.2, 0.25) is 0 Å². The second-order valence-electron chi connectivity index (χ2n) is 4.60. The summed E-state index contributed by atoms with van der Waals surface area (Å²) in [4.78, 5) is 4.62. The Balaban J connectivity index is 2.10. The topological polar surface area (TPSA) is 67.6 Å². The minimum Gasteiger partial charge on any atom is -0.382 e. The Bertz CT molecular complexity index is 696. The number of rotatable bonds is 2. The van der Waals surface area contributed by atoms with E-state index in [0.717, 1.165) is 16.8 Å². The Morgan fingerprint density at radius 1 is 1.28 bits per heavy atom. The maximum Gasteiger partial charge on any atom is 0.145 e. The molecular weight excluding hydrogens is 244 g/mol. The van der Waals surface area contributed by atoms with Crippen LogP contribution in [0.2, 0.25) is 0 Å². The minimum atomic E-state index is 0.466. The van der Waals surface area contributed by atoms with Crippen molar-refractivity contribution in [3.8, 4) is 11.3 Å². The van der Waals surface area contributed by atoms with Crippen molar-refractivity contribution in [3.63, 3.8) is 0 Å². The van der Waals surface area contributed by atoms with Gasteiger partial charge in [0.15, 0.2) is 0 Å². The predicted molar refractivity (Wildman–Crippen MR) is 75.7 cm³/mol. The number of fused-ring (bicyclic) bond motifs is 1. The number of nitrogen functional groups attached to an aromatic ring is 1. The quantitative estimate of drug-likeness (QED) is 0.740. The zero-order valence-electron chi connectivity index (χ0n) is 10.3. The van der Waals surface area contributed by atoms with Crippen molar-refractivity contribution >= 4 is 27.4 Å². The molecule has 0 aliphatic rings. The van der Waals surface area contributed by atoms with Crippen molar-refractivity contribution in [2.45, 2.75) is 19.8 Å². The Morgan fingerprint density at radius 2 is 2.11 bits per heavy atom. The largest absolute Gasteiger partial charge is 0.382 e. The first-order chi connectivity index (χ1) is 8.63. The molecule has 0 saturated carbocycles. The standard InChI is InChI=1S/C13H14N4S/c1-7(2)13-15-9-4-3-8(5-11(9)18-13)10-6-12(14)17-16-10/h3-7H,1-2H3,(H3,14,16,17). The third-order valence-corrected chi connectivity index (χ3v) is 4.13. The van der Waals surface area contributed by atoms with Crippen LogP contribution in [0.4, 0.5) is 5.82 Å². The first-order valence-electron chi connectivity index (χ1n) is 5.85. The molecule has 3 rings (SSSR count). The van der Waals surface area contributed by atoms with Gasteiger partial charge >= 0.3 is 0 Å². The van der Waals surface area contributed by atoms with E-state index in [4.69, 9.17) is 5.73 Å². The van der Waals surface area contributed by atoms with Crippen LogP contribution in [0.5, 0.6) is 0 Å². The molecule has 5 heteroatoms. The molecule has 18 heavy (non-hydrogen) atoms. The highest BCUT2D eigenvalue weighted by molar-refractivity contribution is 7.18.